The Kier molecular flexibility index (Phi) is 11.3. The Morgan fingerprint density at radius 1 is 0.723 bits per heavy atom. The lowest BCUT2D eigenvalue weighted by atomic mass is 10.1. The van der Waals surface area contributed by atoms with Crippen LogP contribution in [0.25, 0.3) is 0 Å². The molecule has 0 unspecified atom stereocenters. The SMILES string of the molecule is CC(=O)SC[C@H]1CC[N+]2=C(N[C@@H](CSC[C@H]3CC[N+]4=C(N[C@@H](CO[Si](c5ccccc5)(c5ccccc5)C(C)(C)C)CC4)N3)CC2)N1. The third-order valence-corrected chi connectivity index (χ3v) is 17.3. The number of benzene rings is 2. The van der Waals surface area contributed by atoms with E-state index in [9.17, 15) is 4.79 Å². The molecule has 4 aliphatic rings. The Morgan fingerprint density at radius 2 is 1.15 bits per heavy atom. The van der Waals surface area contributed by atoms with Crippen LogP contribution in [0, 0.1) is 0 Å². The van der Waals surface area contributed by atoms with Gasteiger partial charge < -0.3 is 4.43 Å². The Balaban J connectivity index is 1.02. The number of rotatable bonds is 11. The van der Waals surface area contributed by atoms with Crippen LogP contribution in [-0.4, -0.2) is 109 Å². The van der Waals surface area contributed by atoms with Crippen LogP contribution in [-0.2, 0) is 9.22 Å². The van der Waals surface area contributed by atoms with E-state index in [2.05, 4.69) is 124 Å². The summed E-state index contributed by atoms with van der Waals surface area (Å²) >= 11 is 3.49. The maximum atomic E-state index is 11.4. The highest BCUT2D eigenvalue weighted by Gasteiger charge is 2.50. The van der Waals surface area contributed by atoms with Gasteiger partial charge in [0.25, 0.3) is 8.32 Å². The fraction of sp³-hybridized carbons (Fsp3) is 0.583. The fourth-order valence-electron chi connectivity index (χ4n) is 7.49. The molecule has 11 heteroatoms. The Hall–Kier alpha value is -2.47. The van der Waals surface area contributed by atoms with Crippen LogP contribution < -0.4 is 31.6 Å². The Labute approximate surface area is 291 Å². The Morgan fingerprint density at radius 3 is 1.60 bits per heavy atom. The molecule has 6 rings (SSSR count). The minimum absolute atomic E-state index is 0.0255. The van der Waals surface area contributed by atoms with Gasteiger partial charge in [-0.25, -0.2) is 0 Å². The van der Waals surface area contributed by atoms with Crippen LogP contribution in [0.2, 0.25) is 5.04 Å². The summed E-state index contributed by atoms with van der Waals surface area (Å²) in [5, 5.41) is 18.0. The molecule has 8 nitrogen and oxygen atoms in total. The van der Waals surface area contributed by atoms with Gasteiger partial charge in [-0.15, -0.1) is 0 Å². The number of thioether (sulfide) groups is 2. The highest BCUT2D eigenvalue weighted by atomic mass is 32.2. The summed E-state index contributed by atoms with van der Waals surface area (Å²) < 4.78 is 12.2. The molecule has 4 heterocycles. The number of nitrogens with one attached hydrogen (secondary N) is 4. The molecule has 0 aliphatic carbocycles. The quantitative estimate of drug-likeness (QED) is 0.212. The van der Waals surface area contributed by atoms with E-state index < -0.39 is 8.32 Å². The van der Waals surface area contributed by atoms with Crippen molar-refractivity contribution in [3.63, 3.8) is 0 Å². The van der Waals surface area contributed by atoms with Crippen molar-refractivity contribution in [3.8, 4) is 0 Å². The average Bonchev–Trinajstić information content (AvgIpc) is 3.07. The van der Waals surface area contributed by atoms with Gasteiger partial charge in [-0.05, 0) is 15.4 Å². The second-order valence-corrected chi connectivity index (χ2v) is 21.1. The summed E-state index contributed by atoms with van der Waals surface area (Å²) in [4.78, 5) is 11.4. The van der Waals surface area contributed by atoms with Crippen molar-refractivity contribution in [1.82, 2.24) is 21.3 Å². The van der Waals surface area contributed by atoms with E-state index in [1.807, 2.05) is 0 Å². The first-order valence-corrected chi connectivity index (χ1v) is 21.5. The highest BCUT2D eigenvalue weighted by molar-refractivity contribution is 8.13. The molecule has 0 amide bonds. The minimum Gasteiger partial charge on any atom is -0.404 e. The summed E-state index contributed by atoms with van der Waals surface area (Å²) in [6, 6.07) is 23.5. The molecule has 0 spiro atoms. The smallest absolute Gasteiger partial charge is 0.346 e. The van der Waals surface area contributed by atoms with E-state index in [-0.39, 0.29) is 16.2 Å². The van der Waals surface area contributed by atoms with Crippen LogP contribution in [0.4, 0.5) is 0 Å². The molecular weight excluding hydrogens is 641 g/mol. The first-order valence-electron chi connectivity index (χ1n) is 17.5. The lowest BCUT2D eigenvalue weighted by Gasteiger charge is -2.44. The number of guanidine groups is 2. The van der Waals surface area contributed by atoms with Crippen molar-refractivity contribution in [1.29, 1.82) is 0 Å². The van der Waals surface area contributed by atoms with Gasteiger partial charge in [0, 0.05) is 49.9 Å². The van der Waals surface area contributed by atoms with Gasteiger partial charge in [-0.2, -0.15) is 11.8 Å². The minimum atomic E-state index is -2.56. The molecule has 4 atom stereocenters. The number of nitrogens with zero attached hydrogens (tertiary/aromatic N) is 2. The van der Waals surface area contributed by atoms with Crippen molar-refractivity contribution in [2.24, 2.45) is 0 Å². The topological polar surface area (TPSA) is 80.4 Å². The van der Waals surface area contributed by atoms with E-state index in [0.717, 1.165) is 56.3 Å². The predicted octanol–water partition coefficient (Wildman–Crippen LogP) is 2.76. The molecule has 47 heavy (non-hydrogen) atoms. The van der Waals surface area contributed by atoms with Gasteiger partial charge in [-0.3, -0.25) is 35.2 Å². The van der Waals surface area contributed by atoms with Crippen LogP contribution in [0.1, 0.15) is 53.4 Å². The van der Waals surface area contributed by atoms with E-state index in [0.29, 0.717) is 24.7 Å². The van der Waals surface area contributed by atoms with Crippen molar-refractivity contribution in [2.75, 3.05) is 50.0 Å². The van der Waals surface area contributed by atoms with E-state index in [4.69, 9.17) is 4.43 Å². The maximum absolute atomic E-state index is 11.4. The lowest BCUT2D eigenvalue weighted by Crippen LogP contribution is -2.68. The number of carbonyl (C=O) groups excluding carboxylic acids is 1. The van der Waals surface area contributed by atoms with Gasteiger partial charge in [0.05, 0.1) is 57.0 Å². The average molecular weight is 695 g/mol. The zero-order valence-corrected chi connectivity index (χ0v) is 31.2. The zero-order chi connectivity index (χ0) is 32.9. The van der Waals surface area contributed by atoms with Crippen LogP contribution in [0.3, 0.4) is 0 Å². The molecule has 254 valence electrons. The van der Waals surface area contributed by atoms with Crippen molar-refractivity contribution < 1.29 is 18.4 Å². The molecular formula is C36H54N6O2S2Si+2. The van der Waals surface area contributed by atoms with Crippen LogP contribution >= 0.6 is 23.5 Å². The fourth-order valence-corrected chi connectivity index (χ4v) is 14.0. The normalized spacial score (nSPS) is 24.7. The third-order valence-electron chi connectivity index (χ3n) is 10.0. The summed E-state index contributed by atoms with van der Waals surface area (Å²) in [6.45, 7) is 13.7. The molecule has 0 bridgehead atoms. The summed E-state index contributed by atoms with van der Waals surface area (Å²) in [5.74, 6) is 5.40. The molecule has 0 radical (unpaired) electrons. The van der Waals surface area contributed by atoms with Gasteiger partial charge in [0.1, 0.15) is 0 Å². The molecule has 4 N–H and O–H groups in total. The highest BCUT2D eigenvalue weighted by Crippen LogP contribution is 2.37. The van der Waals surface area contributed by atoms with Gasteiger partial charge in [0.2, 0.25) is 0 Å². The predicted molar refractivity (Wildman–Crippen MR) is 200 cm³/mol. The first-order chi connectivity index (χ1) is 22.7. The standard InChI is InChI=1S/C36H52N6O2S2Si/c1-27(43)46-26-31-18-22-42-21-17-30(39-35(42)40-31)25-45-24-29-16-20-41-19-15-28(37-34(41)38-29)23-44-47(36(2,3)4,32-11-7-5-8-12-32)33-13-9-6-10-14-33/h5-14,28-31H,15-26H2,1-4H3,(H2,37,38,39,40)/p+2/t28-,29-,30-,31-/m1/s1. The molecule has 0 fully saturated rings. The maximum Gasteiger partial charge on any atom is 0.346 e. The summed E-state index contributed by atoms with van der Waals surface area (Å²) in [6.07, 6.45) is 4.51. The first kappa shape index (κ1) is 34.4. The van der Waals surface area contributed by atoms with Crippen molar-refractivity contribution >= 4 is 59.2 Å². The monoisotopic (exact) mass is 694 g/mol. The van der Waals surface area contributed by atoms with Gasteiger partial charge in [0.15, 0.2) is 5.12 Å². The Bertz CT molecular complexity index is 1390. The van der Waals surface area contributed by atoms with E-state index in [1.165, 1.54) is 46.9 Å². The summed E-state index contributed by atoms with van der Waals surface area (Å²) in [5.41, 5.74) is 0. The molecule has 0 aromatic heterocycles. The molecule has 2 aromatic carbocycles. The second-order valence-electron chi connectivity index (χ2n) is 14.5. The number of hydrogen-bond donors (Lipinski definition) is 4. The second kappa shape index (κ2) is 15.4. The van der Waals surface area contributed by atoms with Crippen LogP contribution in [0.15, 0.2) is 60.7 Å². The van der Waals surface area contributed by atoms with Crippen molar-refractivity contribution in [2.45, 2.75) is 82.6 Å². The number of carbonyl (C=O) groups is 1. The van der Waals surface area contributed by atoms with Gasteiger partial charge in [-0.1, -0.05) is 93.2 Å². The molecule has 2 aromatic rings. The molecule has 0 saturated heterocycles. The van der Waals surface area contributed by atoms with E-state index in [1.54, 1.807) is 6.92 Å². The largest absolute Gasteiger partial charge is 0.404 e. The van der Waals surface area contributed by atoms with Crippen molar-refractivity contribution in [3.05, 3.63) is 60.7 Å². The van der Waals surface area contributed by atoms with Crippen LogP contribution in [0.5, 0.6) is 0 Å². The third kappa shape index (κ3) is 8.23. The van der Waals surface area contributed by atoms with Gasteiger partial charge >= 0.3 is 11.9 Å². The molecule has 4 aliphatic heterocycles. The number of hydrogen-bond acceptors (Lipinski definition) is 8. The molecule has 0 saturated carbocycles. The zero-order valence-electron chi connectivity index (χ0n) is 28.6. The van der Waals surface area contributed by atoms with E-state index >= 15 is 0 Å². The summed E-state index contributed by atoms with van der Waals surface area (Å²) in [7, 11) is -2.56. The lowest BCUT2D eigenvalue weighted by molar-refractivity contribution is -0.542.